The molecule has 0 amide bonds. The van der Waals surface area contributed by atoms with Crippen LogP contribution in [0.4, 0.5) is 0 Å². The molecule has 0 aliphatic heterocycles. The second-order valence-electron chi connectivity index (χ2n) is 3.96. The van der Waals surface area contributed by atoms with Gasteiger partial charge >= 0.3 is 0 Å². The molecule has 1 unspecified atom stereocenters. The van der Waals surface area contributed by atoms with Gasteiger partial charge in [0.2, 0.25) is 0 Å². The number of aromatic nitrogens is 1. The summed E-state index contributed by atoms with van der Waals surface area (Å²) in [6.07, 6.45) is 4.11. The quantitative estimate of drug-likeness (QED) is 0.895. The molecule has 2 N–H and O–H groups in total. The van der Waals surface area contributed by atoms with E-state index in [0.717, 1.165) is 15.6 Å². The SMILES string of the molecule is NC(Cc1cccc(Cl)c1Cl)c1cncc(Br)c1. The summed E-state index contributed by atoms with van der Waals surface area (Å²) in [6, 6.07) is 7.36. The van der Waals surface area contributed by atoms with Gasteiger partial charge in [-0.25, -0.2) is 0 Å². The van der Waals surface area contributed by atoms with Crippen molar-refractivity contribution in [3.63, 3.8) is 0 Å². The molecule has 94 valence electrons. The molecular formula is C13H11BrCl2N2. The highest BCUT2D eigenvalue weighted by Crippen LogP contribution is 2.28. The van der Waals surface area contributed by atoms with E-state index in [1.54, 1.807) is 18.5 Å². The summed E-state index contributed by atoms with van der Waals surface area (Å²) in [6.45, 7) is 0. The van der Waals surface area contributed by atoms with Crippen LogP contribution < -0.4 is 5.73 Å². The van der Waals surface area contributed by atoms with Gasteiger partial charge in [0.25, 0.3) is 0 Å². The van der Waals surface area contributed by atoms with E-state index in [-0.39, 0.29) is 6.04 Å². The van der Waals surface area contributed by atoms with Crippen molar-refractivity contribution in [1.82, 2.24) is 4.98 Å². The molecule has 1 aromatic carbocycles. The summed E-state index contributed by atoms with van der Waals surface area (Å²) in [5.74, 6) is 0. The van der Waals surface area contributed by atoms with Crippen LogP contribution in [0.5, 0.6) is 0 Å². The largest absolute Gasteiger partial charge is 0.324 e. The molecule has 2 rings (SSSR count). The van der Waals surface area contributed by atoms with Gasteiger partial charge in [-0.1, -0.05) is 35.3 Å². The number of pyridine rings is 1. The van der Waals surface area contributed by atoms with E-state index in [1.165, 1.54) is 0 Å². The van der Waals surface area contributed by atoms with Gasteiger partial charge in [0.1, 0.15) is 0 Å². The Morgan fingerprint density at radius 3 is 2.78 bits per heavy atom. The molecule has 0 radical (unpaired) electrons. The molecule has 0 fully saturated rings. The Kier molecular flexibility index (Phi) is 4.62. The highest BCUT2D eigenvalue weighted by atomic mass is 79.9. The van der Waals surface area contributed by atoms with Crippen molar-refractivity contribution in [2.45, 2.75) is 12.5 Å². The number of rotatable bonds is 3. The predicted octanol–water partition coefficient (Wildman–Crippen LogP) is 4.39. The molecule has 0 bridgehead atoms. The topological polar surface area (TPSA) is 38.9 Å². The van der Waals surface area contributed by atoms with Crippen molar-refractivity contribution in [1.29, 1.82) is 0 Å². The van der Waals surface area contributed by atoms with E-state index in [9.17, 15) is 0 Å². The van der Waals surface area contributed by atoms with E-state index >= 15 is 0 Å². The Hall–Kier alpha value is -0.610. The third-order valence-electron chi connectivity index (χ3n) is 2.63. The van der Waals surface area contributed by atoms with Crippen LogP contribution in [0.25, 0.3) is 0 Å². The van der Waals surface area contributed by atoms with E-state index in [4.69, 9.17) is 28.9 Å². The molecule has 1 atom stereocenters. The lowest BCUT2D eigenvalue weighted by atomic mass is 10.0. The fraction of sp³-hybridized carbons (Fsp3) is 0.154. The molecule has 18 heavy (non-hydrogen) atoms. The second kappa shape index (κ2) is 6.02. The van der Waals surface area contributed by atoms with Gasteiger partial charge in [0.15, 0.2) is 0 Å². The van der Waals surface area contributed by atoms with E-state index in [0.29, 0.717) is 16.5 Å². The Balaban J connectivity index is 2.21. The molecular weight excluding hydrogens is 335 g/mol. The van der Waals surface area contributed by atoms with Gasteiger partial charge in [-0.2, -0.15) is 0 Å². The molecule has 2 nitrogen and oxygen atoms in total. The standard InChI is InChI=1S/C13H11BrCl2N2/c14-10-4-9(6-18-7-10)12(17)5-8-2-1-3-11(15)13(8)16/h1-4,6-7,12H,5,17H2. The van der Waals surface area contributed by atoms with Gasteiger partial charge in [0.05, 0.1) is 10.0 Å². The minimum atomic E-state index is -0.161. The van der Waals surface area contributed by atoms with Crippen LogP contribution in [-0.2, 0) is 6.42 Å². The van der Waals surface area contributed by atoms with Gasteiger partial charge in [-0.05, 0) is 45.6 Å². The van der Waals surface area contributed by atoms with Crippen molar-refractivity contribution in [3.8, 4) is 0 Å². The highest BCUT2D eigenvalue weighted by Gasteiger charge is 2.11. The number of halogens is 3. The Bertz CT molecular complexity index is 560. The Morgan fingerprint density at radius 1 is 1.28 bits per heavy atom. The first-order valence-electron chi connectivity index (χ1n) is 5.37. The lowest BCUT2D eigenvalue weighted by Crippen LogP contribution is -2.14. The summed E-state index contributed by atoms with van der Waals surface area (Å²) in [5.41, 5.74) is 8.05. The number of hydrogen-bond acceptors (Lipinski definition) is 2. The van der Waals surface area contributed by atoms with Crippen LogP contribution >= 0.6 is 39.1 Å². The molecule has 1 aromatic heterocycles. The molecule has 0 aliphatic rings. The molecule has 0 saturated carbocycles. The summed E-state index contributed by atoms with van der Waals surface area (Å²) < 4.78 is 0.910. The van der Waals surface area contributed by atoms with E-state index in [2.05, 4.69) is 20.9 Å². The third-order valence-corrected chi connectivity index (χ3v) is 3.92. The van der Waals surface area contributed by atoms with Gasteiger partial charge < -0.3 is 5.73 Å². The van der Waals surface area contributed by atoms with Gasteiger partial charge in [0, 0.05) is 22.9 Å². The second-order valence-corrected chi connectivity index (χ2v) is 5.66. The zero-order valence-electron chi connectivity index (χ0n) is 9.41. The first-order valence-corrected chi connectivity index (χ1v) is 6.91. The maximum absolute atomic E-state index is 6.15. The number of nitrogens with zero attached hydrogens (tertiary/aromatic N) is 1. The third kappa shape index (κ3) is 3.23. The van der Waals surface area contributed by atoms with Crippen LogP contribution in [0, 0.1) is 0 Å². The fourth-order valence-corrected chi connectivity index (χ4v) is 2.47. The Morgan fingerprint density at radius 2 is 2.06 bits per heavy atom. The van der Waals surface area contributed by atoms with Gasteiger partial charge in [-0.15, -0.1) is 0 Å². The van der Waals surface area contributed by atoms with E-state index < -0.39 is 0 Å². The van der Waals surface area contributed by atoms with Crippen LogP contribution in [0.15, 0.2) is 41.1 Å². The molecule has 5 heteroatoms. The van der Waals surface area contributed by atoms with Crippen LogP contribution in [0.1, 0.15) is 17.2 Å². The van der Waals surface area contributed by atoms with Crippen LogP contribution in [0.2, 0.25) is 10.0 Å². The molecule has 0 saturated heterocycles. The number of hydrogen-bond donors (Lipinski definition) is 1. The maximum Gasteiger partial charge on any atom is 0.0624 e. The molecule has 2 aromatic rings. The summed E-state index contributed by atoms with van der Waals surface area (Å²) in [7, 11) is 0. The van der Waals surface area contributed by atoms with Crippen molar-refractivity contribution >= 4 is 39.1 Å². The molecule has 1 heterocycles. The first kappa shape index (κ1) is 13.8. The summed E-state index contributed by atoms with van der Waals surface area (Å²) >= 11 is 15.5. The predicted molar refractivity (Wildman–Crippen MR) is 79.0 cm³/mol. The summed E-state index contributed by atoms with van der Waals surface area (Å²) in [5, 5.41) is 1.12. The first-order chi connectivity index (χ1) is 8.58. The number of benzene rings is 1. The lowest BCUT2D eigenvalue weighted by Gasteiger charge is -2.13. The average Bonchev–Trinajstić information content (AvgIpc) is 2.35. The van der Waals surface area contributed by atoms with E-state index in [1.807, 2.05) is 18.2 Å². The highest BCUT2D eigenvalue weighted by molar-refractivity contribution is 9.10. The Labute approximate surface area is 124 Å². The number of nitrogens with two attached hydrogens (primary N) is 1. The summed E-state index contributed by atoms with van der Waals surface area (Å²) in [4.78, 5) is 4.10. The lowest BCUT2D eigenvalue weighted by molar-refractivity contribution is 0.717. The van der Waals surface area contributed by atoms with Crippen LogP contribution in [0.3, 0.4) is 0 Å². The molecule has 0 spiro atoms. The van der Waals surface area contributed by atoms with Crippen molar-refractivity contribution < 1.29 is 0 Å². The minimum Gasteiger partial charge on any atom is -0.324 e. The zero-order valence-corrected chi connectivity index (χ0v) is 12.5. The minimum absolute atomic E-state index is 0.161. The smallest absolute Gasteiger partial charge is 0.0624 e. The van der Waals surface area contributed by atoms with Crippen molar-refractivity contribution in [2.75, 3.05) is 0 Å². The molecule has 0 aliphatic carbocycles. The fourth-order valence-electron chi connectivity index (χ4n) is 1.69. The maximum atomic E-state index is 6.15. The van der Waals surface area contributed by atoms with Crippen LogP contribution in [-0.4, -0.2) is 4.98 Å². The average molecular weight is 346 g/mol. The normalized spacial score (nSPS) is 12.4. The van der Waals surface area contributed by atoms with Crippen molar-refractivity contribution in [3.05, 3.63) is 62.3 Å². The van der Waals surface area contributed by atoms with Crippen molar-refractivity contribution in [2.24, 2.45) is 5.73 Å². The van der Waals surface area contributed by atoms with Gasteiger partial charge in [-0.3, -0.25) is 4.98 Å². The monoisotopic (exact) mass is 344 g/mol. The zero-order chi connectivity index (χ0) is 13.1.